The van der Waals surface area contributed by atoms with Crippen LogP contribution in [0.3, 0.4) is 0 Å². The number of benzene rings is 3. The fourth-order valence-corrected chi connectivity index (χ4v) is 5.74. The number of halogens is 2. The Balaban J connectivity index is 1.24. The summed E-state index contributed by atoms with van der Waals surface area (Å²) in [6, 6.07) is 23.1. The molecule has 0 nitrogen and oxygen atoms in total. The van der Waals surface area contributed by atoms with E-state index in [1.807, 2.05) is 19.1 Å². The van der Waals surface area contributed by atoms with Gasteiger partial charge in [0, 0.05) is 5.56 Å². The lowest BCUT2D eigenvalue weighted by Gasteiger charge is -2.29. The van der Waals surface area contributed by atoms with Gasteiger partial charge in [-0.2, -0.15) is 0 Å². The smallest absolute Gasteiger partial charge is 0.129 e. The average molecular weight is 487 g/mol. The summed E-state index contributed by atoms with van der Waals surface area (Å²) < 4.78 is 29.2. The normalized spacial score (nSPS) is 19.0. The van der Waals surface area contributed by atoms with Gasteiger partial charge >= 0.3 is 0 Å². The van der Waals surface area contributed by atoms with Crippen LogP contribution < -0.4 is 0 Å². The molecule has 2 heteroatoms. The number of hydrogen-bond acceptors (Lipinski definition) is 0. The monoisotopic (exact) mass is 486 g/mol. The van der Waals surface area contributed by atoms with Crippen molar-refractivity contribution in [3.63, 3.8) is 0 Å². The maximum absolute atomic E-state index is 14.6. The van der Waals surface area contributed by atoms with Gasteiger partial charge in [-0.25, -0.2) is 8.78 Å². The molecule has 0 aromatic heterocycles. The van der Waals surface area contributed by atoms with Crippen molar-refractivity contribution in [1.29, 1.82) is 0 Å². The van der Waals surface area contributed by atoms with Crippen LogP contribution in [-0.2, 0) is 19.3 Å². The summed E-state index contributed by atoms with van der Waals surface area (Å²) in [4.78, 5) is 0. The zero-order chi connectivity index (χ0) is 25.3. The summed E-state index contributed by atoms with van der Waals surface area (Å²) in [6.45, 7) is 4.22. The van der Waals surface area contributed by atoms with Crippen molar-refractivity contribution in [3.05, 3.63) is 118 Å². The molecule has 3 aromatic carbocycles. The zero-order valence-electron chi connectivity index (χ0n) is 21.9. The molecule has 4 rings (SSSR count). The van der Waals surface area contributed by atoms with Gasteiger partial charge in [0.05, 0.1) is 0 Å². The third kappa shape index (κ3) is 7.15. The van der Waals surface area contributed by atoms with Crippen molar-refractivity contribution >= 4 is 0 Å². The molecule has 1 saturated carbocycles. The Morgan fingerprint density at radius 3 is 2.11 bits per heavy atom. The van der Waals surface area contributed by atoms with Crippen molar-refractivity contribution < 1.29 is 8.78 Å². The molecule has 0 aliphatic heterocycles. The molecule has 1 aliphatic carbocycles. The van der Waals surface area contributed by atoms with Crippen LogP contribution in [0.1, 0.15) is 92.0 Å². The molecule has 0 radical (unpaired) electrons. The van der Waals surface area contributed by atoms with Gasteiger partial charge in [-0.1, -0.05) is 73.7 Å². The second-order valence-corrected chi connectivity index (χ2v) is 10.7. The maximum atomic E-state index is 14.6. The third-order valence-electron chi connectivity index (χ3n) is 8.05. The molecule has 1 atom stereocenters. The Morgan fingerprint density at radius 1 is 0.833 bits per heavy atom. The molecule has 0 bridgehead atoms. The number of hydrogen-bond donors (Lipinski definition) is 0. The van der Waals surface area contributed by atoms with E-state index in [2.05, 4.69) is 61.5 Å². The Bertz CT molecular complexity index is 1080. The van der Waals surface area contributed by atoms with Gasteiger partial charge in [0.2, 0.25) is 0 Å². The van der Waals surface area contributed by atoms with Gasteiger partial charge in [-0.15, -0.1) is 0 Å². The Labute approximate surface area is 216 Å². The molecule has 3 aromatic rings. The lowest BCUT2D eigenvalue weighted by molar-refractivity contribution is 0.309. The minimum Gasteiger partial charge on any atom is -0.207 e. The quantitative estimate of drug-likeness (QED) is 0.250. The Kier molecular flexibility index (Phi) is 9.50. The van der Waals surface area contributed by atoms with Gasteiger partial charge in [0.15, 0.2) is 0 Å². The highest BCUT2D eigenvalue weighted by Gasteiger charge is 2.24. The average Bonchev–Trinajstić information content (AvgIpc) is 2.90. The van der Waals surface area contributed by atoms with Crippen LogP contribution in [0, 0.1) is 17.6 Å². The number of allylic oxidation sites excluding steroid dienone is 2. The van der Waals surface area contributed by atoms with Crippen molar-refractivity contribution in [2.75, 3.05) is 0 Å². The second-order valence-electron chi connectivity index (χ2n) is 10.7. The van der Waals surface area contributed by atoms with E-state index in [9.17, 15) is 8.78 Å². The molecule has 1 unspecified atom stereocenters. The SMILES string of the molecule is C/C=C/CCc1c(F)cc(C2CCC(CCc3ccc(CC(C)c4ccccc4)cc3)CC2)cc1F. The first-order valence-corrected chi connectivity index (χ1v) is 13.7. The highest BCUT2D eigenvalue weighted by molar-refractivity contribution is 5.30. The van der Waals surface area contributed by atoms with Crippen LogP contribution >= 0.6 is 0 Å². The summed E-state index contributed by atoms with van der Waals surface area (Å²) in [7, 11) is 0. The predicted molar refractivity (Wildman–Crippen MR) is 148 cm³/mol. The fraction of sp³-hybridized carbons (Fsp3) is 0.412. The topological polar surface area (TPSA) is 0 Å². The van der Waals surface area contributed by atoms with E-state index in [-0.39, 0.29) is 23.1 Å². The molecular weight excluding hydrogens is 446 g/mol. The molecule has 36 heavy (non-hydrogen) atoms. The van der Waals surface area contributed by atoms with E-state index >= 15 is 0 Å². The van der Waals surface area contributed by atoms with Gasteiger partial charge in [-0.05, 0) is 117 Å². The van der Waals surface area contributed by atoms with Crippen LogP contribution in [0.2, 0.25) is 0 Å². The predicted octanol–water partition coefficient (Wildman–Crippen LogP) is 9.73. The van der Waals surface area contributed by atoms with Crippen LogP contribution in [-0.4, -0.2) is 0 Å². The molecule has 0 N–H and O–H groups in total. The van der Waals surface area contributed by atoms with E-state index in [0.717, 1.165) is 44.1 Å². The van der Waals surface area contributed by atoms with Crippen molar-refractivity contribution in [3.8, 4) is 0 Å². The van der Waals surface area contributed by atoms with E-state index < -0.39 is 0 Å². The fourth-order valence-electron chi connectivity index (χ4n) is 5.74. The molecule has 0 saturated heterocycles. The summed E-state index contributed by atoms with van der Waals surface area (Å²) >= 11 is 0. The summed E-state index contributed by atoms with van der Waals surface area (Å²) in [5.74, 6) is 0.745. The summed E-state index contributed by atoms with van der Waals surface area (Å²) in [5.41, 5.74) is 5.27. The molecule has 1 fully saturated rings. The summed E-state index contributed by atoms with van der Waals surface area (Å²) in [6.07, 6.45) is 12.7. The molecule has 1 aliphatic rings. The van der Waals surface area contributed by atoms with Crippen LogP contribution in [0.5, 0.6) is 0 Å². The van der Waals surface area contributed by atoms with Crippen LogP contribution in [0.25, 0.3) is 0 Å². The Hall–Kier alpha value is -2.74. The van der Waals surface area contributed by atoms with Crippen molar-refractivity contribution in [2.45, 2.75) is 83.5 Å². The van der Waals surface area contributed by atoms with E-state index in [4.69, 9.17) is 0 Å². The van der Waals surface area contributed by atoms with Crippen LogP contribution in [0.4, 0.5) is 8.78 Å². The minimum absolute atomic E-state index is 0.228. The third-order valence-corrected chi connectivity index (χ3v) is 8.05. The highest BCUT2D eigenvalue weighted by Crippen LogP contribution is 2.38. The lowest BCUT2D eigenvalue weighted by Crippen LogP contribution is -2.15. The highest BCUT2D eigenvalue weighted by atomic mass is 19.1. The Morgan fingerprint density at radius 2 is 1.47 bits per heavy atom. The van der Waals surface area contributed by atoms with Gasteiger partial charge in [0.25, 0.3) is 0 Å². The van der Waals surface area contributed by atoms with E-state index in [1.165, 1.54) is 23.1 Å². The summed E-state index contributed by atoms with van der Waals surface area (Å²) in [5, 5.41) is 0. The minimum atomic E-state index is -0.377. The second kappa shape index (κ2) is 13.0. The molecular formula is C34H40F2. The van der Waals surface area contributed by atoms with Gasteiger partial charge in [-0.3, -0.25) is 0 Å². The number of rotatable bonds is 10. The molecule has 0 heterocycles. The lowest BCUT2D eigenvalue weighted by atomic mass is 9.76. The van der Waals surface area contributed by atoms with E-state index in [1.54, 1.807) is 12.1 Å². The van der Waals surface area contributed by atoms with Gasteiger partial charge in [0.1, 0.15) is 11.6 Å². The largest absolute Gasteiger partial charge is 0.207 e. The standard InChI is InChI=1S/C34H40F2/c1-3-4-6-11-32-33(35)23-31(24-34(32)36)30-20-18-27(19-21-30)13-12-26-14-16-28(17-15-26)22-25(2)29-9-7-5-8-10-29/h3-5,7-10,14-17,23-25,27,30H,6,11-13,18-22H2,1-2H3/b4-3+. The first-order chi connectivity index (χ1) is 17.5. The molecule has 0 spiro atoms. The van der Waals surface area contributed by atoms with E-state index in [0.29, 0.717) is 24.7 Å². The zero-order valence-corrected chi connectivity index (χ0v) is 21.9. The first-order valence-electron chi connectivity index (χ1n) is 13.7. The number of aryl methyl sites for hydroxylation is 1. The van der Waals surface area contributed by atoms with Crippen molar-refractivity contribution in [1.82, 2.24) is 0 Å². The maximum Gasteiger partial charge on any atom is 0.129 e. The molecule has 0 amide bonds. The van der Waals surface area contributed by atoms with Crippen molar-refractivity contribution in [2.24, 2.45) is 5.92 Å². The van der Waals surface area contributed by atoms with Gasteiger partial charge < -0.3 is 0 Å². The molecule has 190 valence electrons. The van der Waals surface area contributed by atoms with Crippen LogP contribution in [0.15, 0.2) is 78.9 Å². The first kappa shape index (κ1) is 26.3.